The molecule has 1 aliphatic heterocycles. The second-order valence-electron chi connectivity index (χ2n) is 5.86. The Morgan fingerprint density at radius 3 is 2.43 bits per heavy atom. The number of hydrogen-bond acceptors (Lipinski definition) is 4. The van der Waals surface area contributed by atoms with Crippen molar-refractivity contribution in [1.29, 1.82) is 0 Å². The zero-order valence-corrected chi connectivity index (χ0v) is 13.7. The van der Waals surface area contributed by atoms with Gasteiger partial charge < -0.3 is 5.73 Å². The molecule has 5 nitrogen and oxygen atoms in total. The molecule has 1 saturated carbocycles. The minimum Gasteiger partial charge on any atom is -0.327 e. The van der Waals surface area contributed by atoms with Crippen LogP contribution in [0.25, 0.3) is 0 Å². The number of halogens is 4. The number of rotatable bonds is 2. The maximum Gasteiger partial charge on any atom is 0.433 e. The van der Waals surface area contributed by atoms with E-state index < -0.39 is 21.9 Å². The van der Waals surface area contributed by atoms with Gasteiger partial charge in [0, 0.05) is 25.3 Å². The third kappa shape index (κ3) is 3.33. The van der Waals surface area contributed by atoms with Gasteiger partial charge in [-0.1, -0.05) is 0 Å². The Hall–Kier alpha value is -0.900. The molecule has 1 aromatic heterocycles. The Morgan fingerprint density at radius 2 is 1.91 bits per heavy atom. The van der Waals surface area contributed by atoms with Crippen LogP contribution in [0.1, 0.15) is 18.5 Å². The molecule has 0 aromatic carbocycles. The standard InChI is InChI=1S/C13H16F3N3O2S.ClH/c14-13(15,16)12-4-2-9(5-18-12)22(20,21)19-6-8-1-3-11(17)10(8)7-19;/h2,4-5,8,10-11H,1,3,6-7,17H2;1H. The Balaban J connectivity index is 0.00000192. The molecular weight excluding hydrogens is 355 g/mol. The molecule has 130 valence electrons. The molecule has 0 bridgehead atoms. The van der Waals surface area contributed by atoms with Gasteiger partial charge in [-0.2, -0.15) is 17.5 Å². The van der Waals surface area contributed by atoms with E-state index in [1.54, 1.807) is 0 Å². The monoisotopic (exact) mass is 371 g/mol. The summed E-state index contributed by atoms with van der Waals surface area (Å²) in [7, 11) is -3.82. The zero-order valence-electron chi connectivity index (χ0n) is 12.0. The Kier molecular flexibility index (Phi) is 4.97. The SMILES string of the molecule is Cl.NC1CCC2CN(S(=O)(=O)c3ccc(C(F)(F)F)nc3)CC12. The van der Waals surface area contributed by atoms with Gasteiger partial charge in [-0.15, -0.1) is 12.4 Å². The summed E-state index contributed by atoms with van der Waals surface area (Å²) in [6.07, 6.45) is -2.03. The fourth-order valence-electron chi connectivity index (χ4n) is 3.31. The van der Waals surface area contributed by atoms with Crippen LogP contribution in [0.15, 0.2) is 23.2 Å². The van der Waals surface area contributed by atoms with Crippen molar-refractivity contribution in [2.45, 2.75) is 30.0 Å². The normalized spacial score (nSPS) is 28.4. The molecule has 2 fully saturated rings. The predicted molar refractivity (Wildman–Crippen MR) is 79.4 cm³/mol. The number of sulfonamides is 1. The summed E-state index contributed by atoms with van der Waals surface area (Å²) in [5, 5.41) is 0. The van der Waals surface area contributed by atoms with Crippen LogP contribution in [0.3, 0.4) is 0 Å². The van der Waals surface area contributed by atoms with Crippen LogP contribution in [-0.4, -0.2) is 36.8 Å². The molecule has 2 aliphatic rings. The van der Waals surface area contributed by atoms with Gasteiger partial charge in [0.25, 0.3) is 0 Å². The third-order valence-corrected chi connectivity index (χ3v) is 6.36. The van der Waals surface area contributed by atoms with Crippen LogP contribution in [0.5, 0.6) is 0 Å². The Morgan fingerprint density at radius 1 is 1.22 bits per heavy atom. The zero-order chi connectivity index (χ0) is 16.1. The second-order valence-corrected chi connectivity index (χ2v) is 7.80. The molecule has 2 heterocycles. The lowest BCUT2D eigenvalue weighted by Gasteiger charge is -2.18. The van der Waals surface area contributed by atoms with Crippen LogP contribution in [0.4, 0.5) is 13.2 Å². The first kappa shape index (κ1) is 18.4. The molecule has 3 atom stereocenters. The van der Waals surface area contributed by atoms with E-state index in [0.29, 0.717) is 19.2 Å². The molecule has 2 N–H and O–H groups in total. The molecule has 3 unspecified atom stereocenters. The summed E-state index contributed by atoms with van der Waals surface area (Å²) in [4.78, 5) is 3.01. The van der Waals surface area contributed by atoms with Crippen LogP contribution < -0.4 is 5.73 Å². The molecular formula is C13H17ClF3N3O2S. The van der Waals surface area contributed by atoms with Crippen molar-refractivity contribution in [3.05, 3.63) is 24.0 Å². The number of pyridine rings is 1. The van der Waals surface area contributed by atoms with E-state index >= 15 is 0 Å². The van der Waals surface area contributed by atoms with Gasteiger partial charge in [-0.25, -0.2) is 8.42 Å². The maximum atomic E-state index is 12.5. The first-order valence-electron chi connectivity index (χ1n) is 6.98. The van der Waals surface area contributed by atoms with Crippen molar-refractivity contribution in [1.82, 2.24) is 9.29 Å². The van der Waals surface area contributed by atoms with Crippen molar-refractivity contribution in [2.24, 2.45) is 17.6 Å². The molecule has 0 spiro atoms. The van der Waals surface area contributed by atoms with E-state index in [4.69, 9.17) is 5.73 Å². The molecule has 1 saturated heterocycles. The summed E-state index contributed by atoms with van der Waals surface area (Å²) in [5.41, 5.74) is 4.87. The highest BCUT2D eigenvalue weighted by Gasteiger charge is 2.45. The van der Waals surface area contributed by atoms with E-state index in [2.05, 4.69) is 4.98 Å². The minimum absolute atomic E-state index is 0. The van der Waals surface area contributed by atoms with E-state index in [-0.39, 0.29) is 35.2 Å². The number of alkyl halides is 3. The number of aromatic nitrogens is 1. The number of hydrogen-bond donors (Lipinski definition) is 1. The topological polar surface area (TPSA) is 76.3 Å². The van der Waals surface area contributed by atoms with Crippen molar-refractivity contribution in [3.8, 4) is 0 Å². The highest BCUT2D eigenvalue weighted by atomic mass is 35.5. The molecule has 10 heteroatoms. The highest BCUT2D eigenvalue weighted by Crippen LogP contribution is 2.39. The minimum atomic E-state index is -4.58. The predicted octanol–water partition coefficient (Wildman–Crippen LogP) is 1.88. The molecule has 23 heavy (non-hydrogen) atoms. The van der Waals surface area contributed by atoms with E-state index in [9.17, 15) is 21.6 Å². The average molecular weight is 372 g/mol. The average Bonchev–Trinajstić information content (AvgIpc) is 3.01. The lowest BCUT2D eigenvalue weighted by molar-refractivity contribution is -0.141. The van der Waals surface area contributed by atoms with Crippen molar-refractivity contribution >= 4 is 22.4 Å². The summed E-state index contributed by atoms with van der Waals surface area (Å²) in [5.74, 6) is 0.379. The van der Waals surface area contributed by atoms with Crippen molar-refractivity contribution in [3.63, 3.8) is 0 Å². The summed E-state index contributed by atoms with van der Waals surface area (Å²) in [6, 6.07) is 1.64. The largest absolute Gasteiger partial charge is 0.433 e. The molecule has 1 aromatic rings. The van der Waals surface area contributed by atoms with E-state index in [1.807, 2.05) is 0 Å². The molecule has 0 radical (unpaired) electrons. The second kappa shape index (κ2) is 6.19. The van der Waals surface area contributed by atoms with Gasteiger partial charge in [0.2, 0.25) is 10.0 Å². The first-order chi connectivity index (χ1) is 10.2. The van der Waals surface area contributed by atoms with Crippen molar-refractivity contribution < 1.29 is 21.6 Å². The number of nitrogens with two attached hydrogens (primary N) is 1. The Bertz CT molecular complexity index is 666. The van der Waals surface area contributed by atoms with Gasteiger partial charge in [-0.3, -0.25) is 4.98 Å². The lowest BCUT2D eigenvalue weighted by Crippen LogP contribution is -2.33. The van der Waals surface area contributed by atoms with Gasteiger partial charge in [0.05, 0.1) is 0 Å². The fraction of sp³-hybridized carbons (Fsp3) is 0.615. The van der Waals surface area contributed by atoms with E-state index in [0.717, 1.165) is 25.1 Å². The maximum absolute atomic E-state index is 12.5. The van der Waals surface area contributed by atoms with Crippen molar-refractivity contribution in [2.75, 3.05) is 13.1 Å². The van der Waals surface area contributed by atoms with Crippen LogP contribution in [0, 0.1) is 11.8 Å². The Labute approximate surface area is 138 Å². The summed E-state index contributed by atoms with van der Waals surface area (Å²) >= 11 is 0. The number of nitrogens with zero attached hydrogens (tertiary/aromatic N) is 2. The van der Waals surface area contributed by atoms with Gasteiger partial charge >= 0.3 is 6.18 Å². The van der Waals surface area contributed by atoms with Gasteiger partial charge in [0.15, 0.2) is 0 Å². The first-order valence-corrected chi connectivity index (χ1v) is 8.42. The van der Waals surface area contributed by atoms with Crippen LogP contribution >= 0.6 is 12.4 Å². The smallest absolute Gasteiger partial charge is 0.327 e. The fourth-order valence-corrected chi connectivity index (χ4v) is 4.79. The summed E-state index contributed by atoms with van der Waals surface area (Å²) in [6.45, 7) is 0.705. The number of fused-ring (bicyclic) bond motifs is 1. The van der Waals surface area contributed by atoms with Gasteiger partial charge in [0.1, 0.15) is 10.6 Å². The third-order valence-electron chi connectivity index (χ3n) is 4.54. The quantitative estimate of drug-likeness (QED) is 0.861. The lowest BCUT2D eigenvalue weighted by atomic mass is 9.98. The van der Waals surface area contributed by atoms with Gasteiger partial charge in [-0.05, 0) is 36.8 Å². The highest BCUT2D eigenvalue weighted by molar-refractivity contribution is 7.89. The molecule has 3 rings (SSSR count). The molecule has 0 amide bonds. The summed E-state index contributed by atoms with van der Waals surface area (Å²) < 4.78 is 63.7. The van der Waals surface area contributed by atoms with E-state index in [1.165, 1.54) is 4.31 Å². The molecule has 1 aliphatic carbocycles. The van der Waals surface area contributed by atoms with Crippen LogP contribution in [-0.2, 0) is 16.2 Å². The van der Waals surface area contributed by atoms with Crippen LogP contribution in [0.2, 0.25) is 0 Å².